The molecule has 6 nitrogen and oxygen atoms in total. The summed E-state index contributed by atoms with van der Waals surface area (Å²) in [6.07, 6.45) is 1.01. The number of carbonyl (C=O) groups is 2. The smallest absolute Gasteiger partial charge is 0.253 e. The van der Waals surface area contributed by atoms with Crippen LogP contribution in [0.25, 0.3) is 0 Å². The van der Waals surface area contributed by atoms with Crippen LogP contribution in [0.3, 0.4) is 0 Å². The standard InChI is InChI=1S/C15H22N2O4S/c1-5-17(6-2)15(19)12-8-7-9-13(10-12)16-14(18)11(3)22(4,20)21/h7-11H,5-6H2,1-4H3,(H,16,18)/t11-/m0/s1. The zero-order valence-electron chi connectivity index (χ0n) is 13.3. The second-order valence-corrected chi connectivity index (χ2v) is 7.39. The van der Waals surface area contributed by atoms with Gasteiger partial charge >= 0.3 is 0 Å². The fourth-order valence-corrected chi connectivity index (χ4v) is 2.31. The number of rotatable bonds is 6. The third kappa shape index (κ3) is 4.56. The second-order valence-electron chi connectivity index (χ2n) is 5.02. The number of carbonyl (C=O) groups excluding carboxylic acids is 2. The lowest BCUT2D eigenvalue weighted by atomic mass is 10.1. The van der Waals surface area contributed by atoms with E-state index in [9.17, 15) is 18.0 Å². The summed E-state index contributed by atoms with van der Waals surface area (Å²) in [4.78, 5) is 25.8. The number of nitrogens with one attached hydrogen (secondary N) is 1. The highest BCUT2D eigenvalue weighted by molar-refractivity contribution is 7.92. The molecule has 0 spiro atoms. The lowest BCUT2D eigenvalue weighted by Crippen LogP contribution is -2.32. The molecule has 0 aromatic heterocycles. The second kappa shape index (κ2) is 7.40. The molecule has 0 aliphatic rings. The van der Waals surface area contributed by atoms with Gasteiger partial charge in [0.2, 0.25) is 5.91 Å². The maximum absolute atomic E-state index is 12.3. The first kappa shape index (κ1) is 18.2. The Kier molecular flexibility index (Phi) is 6.11. The van der Waals surface area contributed by atoms with Crippen LogP contribution in [0.15, 0.2) is 24.3 Å². The van der Waals surface area contributed by atoms with Crippen molar-refractivity contribution in [3.63, 3.8) is 0 Å². The molecule has 0 bridgehead atoms. The minimum atomic E-state index is -3.46. The summed E-state index contributed by atoms with van der Waals surface area (Å²) in [5.74, 6) is -0.743. The van der Waals surface area contributed by atoms with Crippen LogP contribution in [-0.2, 0) is 14.6 Å². The Morgan fingerprint density at radius 1 is 1.23 bits per heavy atom. The average molecular weight is 326 g/mol. The van der Waals surface area contributed by atoms with Crippen molar-refractivity contribution in [3.8, 4) is 0 Å². The van der Waals surface area contributed by atoms with Gasteiger partial charge in [0.05, 0.1) is 0 Å². The predicted octanol–water partition coefficient (Wildman–Crippen LogP) is 1.54. The molecular weight excluding hydrogens is 304 g/mol. The Balaban J connectivity index is 2.94. The molecule has 0 heterocycles. The van der Waals surface area contributed by atoms with Crippen molar-refractivity contribution in [1.29, 1.82) is 0 Å². The SMILES string of the molecule is CCN(CC)C(=O)c1cccc(NC(=O)[C@H](C)S(C)(=O)=O)c1. The molecule has 0 aliphatic heterocycles. The van der Waals surface area contributed by atoms with Crippen molar-refractivity contribution < 1.29 is 18.0 Å². The van der Waals surface area contributed by atoms with Gasteiger partial charge in [-0.15, -0.1) is 0 Å². The van der Waals surface area contributed by atoms with Crippen molar-refractivity contribution in [3.05, 3.63) is 29.8 Å². The number of amides is 2. The molecule has 0 aliphatic carbocycles. The average Bonchev–Trinajstić information content (AvgIpc) is 2.46. The van der Waals surface area contributed by atoms with Gasteiger partial charge in [-0.25, -0.2) is 8.42 Å². The van der Waals surface area contributed by atoms with Crippen molar-refractivity contribution >= 4 is 27.3 Å². The Morgan fingerprint density at radius 3 is 2.32 bits per heavy atom. The van der Waals surface area contributed by atoms with Gasteiger partial charge in [0, 0.05) is 30.6 Å². The third-order valence-electron chi connectivity index (χ3n) is 3.44. The monoisotopic (exact) mass is 326 g/mol. The fourth-order valence-electron chi connectivity index (χ4n) is 1.86. The summed E-state index contributed by atoms with van der Waals surface area (Å²) >= 11 is 0. The topological polar surface area (TPSA) is 83.6 Å². The maximum atomic E-state index is 12.3. The normalized spacial score (nSPS) is 12.5. The molecule has 1 rings (SSSR count). The highest BCUT2D eigenvalue weighted by atomic mass is 32.2. The number of hydrogen-bond acceptors (Lipinski definition) is 4. The molecule has 2 amide bonds. The summed E-state index contributed by atoms with van der Waals surface area (Å²) in [5.41, 5.74) is 0.854. The fraction of sp³-hybridized carbons (Fsp3) is 0.467. The lowest BCUT2D eigenvalue weighted by Gasteiger charge is -2.19. The molecule has 1 aromatic rings. The molecule has 22 heavy (non-hydrogen) atoms. The van der Waals surface area contributed by atoms with E-state index in [0.717, 1.165) is 6.26 Å². The van der Waals surface area contributed by atoms with Gasteiger partial charge in [0.25, 0.3) is 5.91 Å². The Hall–Kier alpha value is -1.89. The van der Waals surface area contributed by atoms with E-state index < -0.39 is 21.0 Å². The third-order valence-corrected chi connectivity index (χ3v) is 4.94. The van der Waals surface area contributed by atoms with Crippen LogP contribution in [-0.4, -0.2) is 49.7 Å². The molecule has 7 heteroatoms. The van der Waals surface area contributed by atoms with Crippen molar-refractivity contribution in [2.75, 3.05) is 24.7 Å². The Bertz CT molecular complexity index is 651. The molecule has 0 saturated heterocycles. The number of hydrogen-bond donors (Lipinski definition) is 1. The van der Waals surface area contributed by atoms with E-state index in [1.165, 1.54) is 6.92 Å². The lowest BCUT2D eigenvalue weighted by molar-refractivity contribution is -0.115. The number of benzene rings is 1. The number of nitrogens with zero attached hydrogens (tertiary/aromatic N) is 1. The molecule has 1 N–H and O–H groups in total. The van der Waals surface area contributed by atoms with Crippen molar-refractivity contribution in [2.45, 2.75) is 26.0 Å². The minimum Gasteiger partial charge on any atom is -0.339 e. The quantitative estimate of drug-likeness (QED) is 0.859. The molecule has 0 saturated carbocycles. The highest BCUT2D eigenvalue weighted by Gasteiger charge is 2.23. The maximum Gasteiger partial charge on any atom is 0.253 e. The van der Waals surface area contributed by atoms with Gasteiger partial charge in [-0.05, 0) is 39.0 Å². The van der Waals surface area contributed by atoms with E-state index in [0.29, 0.717) is 24.3 Å². The van der Waals surface area contributed by atoms with Gasteiger partial charge in [-0.1, -0.05) is 6.07 Å². The number of sulfone groups is 1. The van der Waals surface area contributed by atoms with E-state index in [1.54, 1.807) is 29.2 Å². The van der Waals surface area contributed by atoms with Crippen LogP contribution >= 0.6 is 0 Å². The predicted molar refractivity (Wildman–Crippen MR) is 86.6 cm³/mol. The summed E-state index contributed by atoms with van der Waals surface area (Å²) in [7, 11) is -3.46. The zero-order valence-corrected chi connectivity index (χ0v) is 14.1. The van der Waals surface area contributed by atoms with Crippen LogP contribution in [0, 0.1) is 0 Å². The van der Waals surface area contributed by atoms with Crippen LogP contribution in [0.1, 0.15) is 31.1 Å². The van der Waals surface area contributed by atoms with Gasteiger partial charge in [0.1, 0.15) is 5.25 Å². The van der Waals surface area contributed by atoms with Crippen LogP contribution in [0.5, 0.6) is 0 Å². The van der Waals surface area contributed by atoms with Gasteiger partial charge in [-0.2, -0.15) is 0 Å². The highest BCUT2D eigenvalue weighted by Crippen LogP contribution is 2.14. The molecule has 122 valence electrons. The molecule has 1 aromatic carbocycles. The summed E-state index contributed by atoms with van der Waals surface area (Å²) in [5, 5.41) is 1.39. The Morgan fingerprint density at radius 2 is 1.82 bits per heavy atom. The largest absolute Gasteiger partial charge is 0.339 e. The first-order valence-corrected chi connectivity index (χ1v) is 9.05. The van der Waals surface area contributed by atoms with E-state index in [1.807, 2.05) is 13.8 Å². The molecule has 0 unspecified atom stereocenters. The molecule has 0 radical (unpaired) electrons. The summed E-state index contributed by atoms with van der Waals surface area (Å²) in [6.45, 7) is 6.30. The van der Waals surface area contributed by atoms with E-state index >= 15 is 0 Å². The van der Waals surface area contributed by atoms with Crippen LogP contribution < -0.4 is 5.32 Å². The van der Waals surface area contributed by atoms with Gasteiger partial charge in [-0.3, -0.25) is 9.59 Å². The minimum absolute atomic E-state index is 0.128. The molecular formula is C15H22N2O4S. The first-order chi connectivity index (χ1) is 10.2. The van der Waals surface area contributed by atoms with Crippen molar-refractivity contribution in [2.24, 2.45) is 0 Å². The van der Waals surface area contributed by atoms with Crippen LogP contribution in [0.4, 0.5) is 5.69 Å². The van der Waals surface area contributed by atoms with Gasteiger partial charge in [0.15, 0.2) is 9.84 Å². The van der Waals surface area contributed by atoms with E-state index in [4.69, 9.17) is 0 Å². The molecule has 0 fully saturated rings. The van der Waals surface area contributed by atoms with E-state index in [2.05, 4.69) is 5.32 Å². The summed E-state index contributed by atoms with van der Waals surface area (Å²) in [6, 6.07) is 6.48. The molecule has 1 atom stereocenters. The first-order valence-electron chi connectivity index (χ1n) is 7.09. The zero-order chi connectivity index (χ0) is 16.9. The van der Waals surface area contributed by atoms with Crippen LogP contribution in [0.2, 0.25) is 0 Å². The Labute approximate surface area is 131 Å². The van der Waals surface area contributed by atoms with Gasteiger partial charge < -0.3 is 10.2 Å². The summed E-state index contributed by atoms with van der Waals surface area (Å²) < 4.78 is 22.8. The number of anilines is 1. The van der Waals surface area contributed by atoms with E-state index in [-0.39, 0.29) is 5.91 Å². The van der Waals surface area contributed by atoms with Crippen molar-refractivity contribution in [1.82, 2.24) is 4.90 Å².